The van der Waals surface area contributed by atoms with Crippen molar-refractivity contribution in [1.82, 2.24) is 4.90 Å². The zero-order chi connectivity index (χ0) is 30.9. The van der Waals surface area contributed by atoms with Gasteiger partial charge in [0, 0.05) is 30.7 Å². The van der Waals surface area contributed by atoms with Crippen molar-refractivity contribution in [3.05, 3.63) is 95.0 Å². The van der Waals surface area contributed by atoms with Crippen molar-refractivity contribution in [1.29, 1.82) is 0 Å². The van der Waals surface area contributed by atoms with Crippen molar-refractivity contribution in [2.75, 3.05) is 41.7 Å². The second-order valence-corrected chi connectivity index (χ2v) is 11.8. The van der Waals surface area contributed by atoms with Crippen LogP contribution in [0, 0.1) is 0 Å². The van der Waals surface area contributed by atoms with Crippen LogP contribution in [0.5, 0.6) is 17.2 Å². The van der Waals surface area contributed by atoms with Crippen LogP contribution in [0.2, 0.25) is 0 Å². The van der Waals surface area contributed by atoms with Crippen LogP contribution in [0.25, 0.3) is 0 Å². The minimum atomic E-state index is -0.676. The van der Waals surface area contributed by atoms with Crippen LogP contribution in [0.1, 0.15) is 22.8 Å². The summed E-state index contributed by atoms with van der Waals surface area (Å²) in [5.74, 6) is 1.79. The number of carbonyl (C=O) groups excluding carboxylic acids is 1. The van der Waals surface area contributed by atoms with Gasteiger partial charge in [-0.2, -0.15) is 0 Å². The number of hydrogen-bond acceptors (Lipinski definition) is 9. The lowest BCUT2D eigenvalue weighted by molar-refractivity contribution is -0.177. The maximum absolute atomic E-state index is 15.0. The first-order valence-corrected chi connectivity index (χ1v) is 15.4. The van der Waals surface area contributed by atoms with Crippen LogP contribution in [0.4, 0.5) is 0 Å². The van der Waals surface area contributed by atoms with Gasteiger partial charge in [-0.15, -0.1) is 11.8 Å². The summed E-state index contributed by atoms with van der Waals surface area (Å²) in [6.07, 6.45) is 1.30. The zero-order valence-electron chi connectivity index (χ0n) is 24.8. The van der Waals surface area contributed by atoms with Crippen molar-refractivity contribution >= 4 is 29.3 Å². The molecule has 5 rings (SSSR count). The molecule has 4 atom stereocenters. The molecular formula is C33H36ClNO8S. The monoisotopic (exact) mass is 641 g/mol. The Morgan fingerprint density at radius 2 is 1.68 bits per heavy atom. The van der Waals surface area contributed by atoms with Crippen LogP contribution in [-0.2, 0) is 30.3 Å². The molecule has 1 aliphatic carbocycles. The predicted molar refractivity (Wildman–Crippen MR) is 167 cm³/mol. The summed E-state index contributed by atoms with van der Waals surface area (Å²) in [5, 5.41) is -0.169. The summed E-state index contributed by atoms with van der Waals surface area (Å²) < 4.78 is 39.3. The highest BCUT2D eigenvalue weighted by Crippen LogP contribution is 2.43. The molecule has 0 spiro atoms. The lowest BCUT2D eigenvalue weighted by Crippen LogP contribution is -2.55. The Kier molecular flexibility index (Phi) is 11.4. The number of carbonyl (C=O) groups is 1. The van der Waals surface area contributed by atoms with Crippen molar-refractivity contribution in [3.8, 4) is 17.2 Å². The number of rotatable bonds is 14. The number of amides is 1. The maximum Gasteiger partial charge on any atom is 0.241 e. The second-order valence-electron chi connectivity index (χ2n) is 10.2. The average molecular weight is 642 g/mol. The van der Waals surface area contributed by atoms with Crippen LogP contribution in [-0.4, -0.2) is 70.8 Å². The van der Waals surface area contributed by atoms with Gasteiger partial charge >= 0.3 is 0 Å². The van der Waals surface area contributed by atoms with Gasteiger partial charge in [0.1, 0.15) is 30.7 Å². The van der Waals surface area contributed by atoms with Gasteiger partial charge in [-0.05, 0) is 53.9 Å². The van der Waals surface area contributed by atoms with Crippen molar-refractivity contribution in [2.24, 2.45) is 0 Å². The fourth-order valence-corrected chi connectivity index (χ4v) is 6.63. The third kappa shape index (κ3) is 7.69. The molecule has 234 valence electrons. The number of halogens is 1. The molecule has 0 bridgehead atoms. The van der Waals surface area contributed by atoms with E-state index < -0.39 is 23.5 Å². The first kappa shape index (κ1) is 32.2. The molecule has 9 nitrogen and oxygen atoms in total. The van der Waals surface area contributed by atoms with E-state index in [1.165, 1.54) is 11.8 Å². The fraction of sp³-hybridized carbons (Fsp3) is 0.364. The molecule has 1 amide bonds. The molecule has 0 N–H and O–H groups in total. The van der Waals surface area contributed by atoms with Gasteiger partial charge in [0.05, 0.1) is 19.3 Å². The number of fused-ring (bicyclic) bond motifs is 1. The quantitative estimate of drug-likeness (QED) is 0.152. The fourth-order valence-electron chi connectivity index (χ4n) is 5.20. The Labute approximate surface area is 266 Å². The van der Waals surface area contributed by atoms with E-state index in [1.54, 1.807) is 26.2 Å². The number of nitrogens with zero attached hydrogens (tertiary/aromatic N) is 1. The number of hydrogen-bond donors (Lipinski definition) is 0. The maximum atomic E-state index is 15.0. The molecule has 3 aromatic carbocycles. The molecule has 44 heavy (non-hydrogen) atoms. The summed E-state index contributed by atoms with van der Waals surface area (Å²) in [4.78, 5) is 17.7. The lowest BCUT2D eigenvalue weighted by Gasteiger charge is -2.43. The van der Waals surface area contributed by atoms with Crippen molar-refractivity contribution in [3.63, 3.8) is 0 Å². The summed E-state index contributed by atoms with van der Waals surface area (Å²) in [6, 6.07) is 22.4. The molecule has 1 aliphatic heterocycles. The lowest BCUT2D eigenvalue weighted by atomic mass is 9.93. The van der Waals surface area contributed by atoms with E-state index >= 15 is 4.79 Å². The Bertz CT molecular complexity index is 1410. The molecule has 11 heteroatoms. The van der Waals surface area contributed by atoms with E-state index in [9.17, 15) is 0 Å². The van der Waals surface area contributed by atoms with Gasteiger partial charge in [-0.25, -0.2) is 0 Å². The highest BCUT2D eigenvalue weighted by molar-refractivity contribution is 8.00. The molecule has 0 radical (unpaired) electrons. The molecule has 0 aromatic heterocycles. The van der Waals surface area contributed by atoms with Crippen molar-refractivity contribution in [2.45, 2.75) is 41.4 Å². The summed E-state index contributed by atoms with van der Waals surface area (Å²) >= 11 is 8.44. The van der Waals surface area contributed by atoms with E-state index in [-0.39, 0.29) is 32.8 Å². The molecule has 0 saturated carbocycles. The normalized spacial score (nSPS) is 19.7. The van der Waals surface area contributed by atoms with E-state index in [2.05, 4.69) is 0 Å². The highest BCUT2D eigenvalue weighted by Gasteiger charge is 2.44. The number of ether oxygens (including phenoxy) is 7. The number of benzene rings is 3. The number of methoxy groups -OCH3 is 3. The third-order valence-electron chi connectivity index (χ3n) is 7.34. The summed E-state index contributed by atoms with van der Waals surface area (Å²) in [6.45, 7) is 0.438. The van der Waals surface area contributed by atoms with Gasteiger partial charge in [0.25, 0.3) is 0 Å². The van der Waals surface area contributed by atoms with E-state index in [0.717, 1.165) is 21.8 Å². The van der Waals surface area contributed by atoms with Gasteiger partial charge in [-0.3, -0.25) is 4.79 Å². The van der Waals surface area contributed by atoms with Crippen LogP contribution in [0.15, 0.2) is 88.8 Å². The Morgan fingerprint density at radius 3 is 2.41 bits per heavy atom. The minimum Gasteiger partial charge on any atom is -0.497 e. The third-order valence-corrected chi connectivity index (χ3v) is 8.97. The predicted octanol–water partition coefficient (Wildman–Crippen LogP) is 6.16. The summed E-state index contributed by atoms with van der Waals surface area (Å²) in [5.41, 5.74) is 1.66. The van der Waals surface area contributed by atoms with Gasteiger partial charge in [0.15, 0.2) is 11.5 Å². The van der Waals surface area contributed by atoms with E-state index in [4.69, 9.17) is 44.8 Å². The molecular weight excluding hydrogens is 606 g/mol. The van der Waals surface area contributed by atoms with Crippen LogP contribution < -0.4 is 14.2 Å². The molecule has 1 unspecified atom stereocenters. The van der Waals surface area contributed by atoms with Crippen LogP contribution >= 0.6 is 23.4 Å². The van der Waals surface area contributed by atoms with Gasteiger partial charge < -0.3 is 38.1 Å². The Balaban J connectivity index is 1.58. The second kappa shape index (κ2) is 15.7. The van der Waals surface area contributed by atoms with E-state index in [1.807, 2.05) is 78.9 Å². The zero-order valence-corrected chi connectivity index (χ0v) is 26.4. The molecule has 3 aromatic rings. The molecule has 1 heterocycles. The van der Waals surface area contributed by atoms with E-state index in [0.29, 0.717) is 23.0 Å². The minimum absolute atomic E-state index is 0.00685. The first-order valence-electron chi connectivity index (χ1n) is 14.1. The topological polar surface area (TPSA) is 84.9 Å². The summed E-state index contributed by atoms with van der Waals surface area (Å²) in [7, 11) is 4.73. The van der Waals surface area contributed by atoms with Gasteiger partial charge in [0.2, 0.25) is 12.7 Å². The van der Waals surface area contributed by atoms with Gasteiger partial charge in [-0.1, -0.05) is 54.1 Å². The SMILES string of the molecule is COCO[C@H]1[C@H](OCOC)CC=C(Cl)[C@@H]1N(Cc1ccc(OC)cc1)C(=O)C(Sc1ccccc1)c1ccc2c(c1)OCO2. The first-order chi connectivity index (χ1) is 21.5. The standard InChI is InChI=1S/C33H36ClNO8S/c1-37-19-40-28-16-14-26(34)30(31(28)43-20-38-2)35(18-22-9-12-24(39-3)13-10-22)33(36)32(44-25-7-5-4-6-8-25)23-11-15-27-29(17-23)42-21-41-27/h4-15,17,28,30-32H,16,18-21H2,1-3H3/t28-,30+,31+,32?/m1/s1. The van der Waals surface area contributed by atoms with Crippen LogP contribution in [0.3, 0.4) is 0 Å². The molecule has 0 saturated heterocycles. The molecule has 0 fully saturated rings. The number of thioether (sulfide) groups is 1. The Hall–Kier alpha value is -3.25. The molecule has 2 aliphatic rings. The van der Waals surface area contributed by atoms with Crippen molar-refractivity contribution < 1.29 is 38.0 Å². The smallest absolute Gasteiger partial charge is 0.241 e. The highest BCUT2D eigenvalue weighted by atomic mass is 35.5. The Morgan fingerprint density at radius 1 is 0.955 bits per heavy atom. The largest absolute Gasteiger partial charge is 0.497 e. The average Bonchev–Trinajstić information content (AvgIpc) is 3.53.